The van der Waals surface area contributed by atoms with E-state index in [4.69, 9.17) is 0 Å². The van der Waals surface area contributed by atoms with Crippen molar-refractivity contribution >= 4 is 32.6 Å². The summed E-state index contributed by atoms with van der Waals surface area (Å²) < 4.78 is 30.1. The molecule has 0 fully saturated rings. The molecule has 0 aromatic heterocycles. The molecular weight excluding hydrogens is 481 g/mol. The number of benzene rings is 3. The highest BCUT2D eigenvalue weighted by Gasteiger charge is 2.40. The summed E-state index contributed by atoms with van der Waals surface area (Å²) in [6.07, 6.45) is 3.98. The second-order valence-corrected chi connectivity index (χ2v) is 9.97. The van der Waals surface area contributed by atoms with Gasteiger partial charge in [0.2, 0.25) is 10.0 Å². The van der Waals surface area contributed by atoms with Gasteiger partial charge in [0.25, 0.3) is 0 Å². The molecule has 3 aromatic carbocycles. The average Bonchev–Trinajstić information content (AvgIpc) is 3.16. The largest absolute Gasteiger partial charge is 0.244 e. The van der Waals surface area contributed by atoms with Gasteiger partial charge in [0.1, 0.15) is 0 Å². The predicted molar refractivity (Wildman–Crippen MR) is 120 cm³/mol. The van der Waals surface area contributed by atoms with E-state index in [-0.39, 0.29) is 12.1 Å². The summed E-state index contributed by atoms with van der Waals surface area (Å²) in [5.74, 6) is 0. The highest BCUT2D eigenvalue weighted by molar-refractivity contribution is 14.1. The van der Waals surface area contributed by atoms with Crippen molar-refractivity contribution in [3.05, 3.63) is 111 Å². The first-order valence-corrected chi connectivity index (χ1v) is 11.6. The molecule has 0 amide bonds. The van der Waals surface area contributed by atoms with Gasteiger partial charge in [-0.1, -0.05) is 72.3 Å². The van der Waals surface area contributed by atoms with Crippen molar-refractivity contribution < 1.29 is 8.42 Å². The number of sulfonamides is 1. The number of nitrogens with zero attached hydrogens (tertiary/aromatic N) is 1. The maximum absolute atomic E-state index is 13.7. The third kappa shape index (κ3) is 3.66. The van der Waals surface area contributed by atoms with Gasteiger partial charge in [0.15, 0.2) is 0 Å². The molecule has 28 heavy (non-hydrogen) atoms. The van der Waals surface area contributed by atoms with Crippen molar-refractivity contribution in [2.75, 3.05) is 0 Å². The third-order valence-corrected chi connectivity index (χ3v) is 7.57. The van der Waals surface area contributed by atoms with Crippen LogP contribution in [0.3, 0.4) is 0 Å². The van der Waals surface area contributed by atoms with Crippen molar-refractivity contribution in [2.24, 2.45) is 0 Å². The predicted octanol–water partition coefficient (Wildman–Crippen LogP) is 5.64. The zero-order valence-corrected chi connectivity index (χ0v) is 18.3. The molecule has 3 aromatic rings. The van der Waals surface area contributed by atoms with Gasteiger partial charge in [-0.25, -0.2) is 8.42 Å². The number of hydrogen-bond donors (Lipinski definition) is 0. The number of rotatable bonds is 4. The molecule has 5 heteroatoms. The molecule has 0 aliphatic carbocycles. The fourth-order valence-corrected chi connectivity index (χ4v) is 5.58. The fraction of sp³-hybridized carbons (Fsp3) is 0.130. The molecule has 0 N–H and O–H groups in total. The second-order valence-electron chi connectivity index (χ2n) is 6.88. The van der Waals surface area contributed by atoms with Gasteiger partial charge in [-0.2, -0.15) is 4.31 Å². The molecule has 1 aliphatic heterocycles. The van der Waals surface area contributed by atoms with E-state index >= 15 is 0 Å². The van der Waals surface area contributed by atoms with Crippen LogP contribution < -0.4 is 0 Å². The van der Waals surface area contributed by atoms with Gasteiger partial charge >= 0.3 is 0 Å². The smallest absolute Gasteiger partial charge is 0.207 e. The van der Waals surface area contributed by atoms with E-state index in [2.05, 4.69) is 22.6 Å². The Balaban J connectivity index is 1.82. The lowest BCUT2D eigenvalue weighted by atomic mass is 10.1. The van der Waals surface area contributed by atoms with E-state index in [1.165, 1.54) is 0 Å². The normalized spacial score (nSPS) is 19.8. The van der Waals surface area contributed by atoms with Gasteiger partial charge in [-0.15, -0.1) is 0 Å². The minimum Gasteiger partial charge on any atom is -0.207 e. The van der Waals surface area contributed by atoms with Gasteiger partial charge in [0, 0.05) is 3.57 Å². The van der Waals surface area contributed by atoms with E-state index < -0.39 is 10.0 Å². The lowest BCUT2D eigenvalue weighted by Crippen LogP contribution is -2.33. The van der Waals surface area contributed by atoms with E-state index in [9.17, 15) is 8.42 Å². The summed E-state index contributed by atoms with van der Waals surface area (Å²) >= 11 is 2.26. The van der Waals surface area contributed by atoms with Crippen LogP contribution in [0.15, 0.2) is 95.9 Å². The molecule has 1 aliphatic rings. The standard InChI is InChI=1S/C23H20INO2S/c1-17-7-13-21(14-8-17)28(26,27)25-22(18-5-3-2-4-6-18)15-16-23(25)19-9-11-20(24)12-10-19/h2-16,22-23H,1H3/t22-,23+/m1/s1. The topological polar surface area (TPSA) is 37.4 Å². The van der Waals surface area contributed by atoms with Crippen molar-refractivity contribution in [2.45, 2.75) is 23.9 Å². The van der Waals surface area contributed by atoms with Crippen LogP contribution in [0.4, 0.5) is 0 Å². The Morgan fingerprint density at radius 1 is 0.750 bits per heavy atom. The fourth-order valence-electron chi connectivity index (χ4n) is 3.51. The van der Waals surface area contributed by atoms with Crippen LogP contribution in [0, 0.1) is 10.5 Å². The summed E-state index contributed by atoms with van der Waals surface area (Å²) in [6.45, 7) is 1.95. The Bertz CT molecular complexity index is 1090. The molecule has 0 saturated heterocycles. The second kappa shape index (κ2) is 7.81. The van der Waals surface area contributed by atoms with Crippen LogP contribution >= 0.6 is 22.6 Å². The Morgan fingerprint density at radius 2 is 1.29 bits per heavy atom. The maximum atomic E-state index is 13.7. The van der Waals surface area contributed by atoms with Crippen LogP contribution in [0.1, 0.15) is 28.8 Å². The van der Waals surface area contributed by atoms with Crippen molar-refractivity contribution in [1.29, 1.82) is 0 Å². The summed E-state index contributed by atoms with van der Waals surface area (Å²) in [7, 11) is -3.69. The Morgan fingerprint density at radius 3 is 1.86 bits per heavy atom. The molecule has 0 spiro atoms. The molecule has 0 saturated carbocycles. The lowest BCUT2D eigenvalue weighted by Gasteiger charge is -2.30. The van der Waals surface area contributed by atoms with E-state index in [1.54, 1.807) is 16.4 Å². The molecule has 2 atom stereocenters. The molecule has 142 valence electrons. The Labute approximate surface area is 179 Å². The SMILES string of the molecule is Cc1ccc(S(=O)(=O)N2[C@@H](c3ccccc3)C=C[C@H]2c2ccc(I)cc2)cc1. The number of halogens is 1. The first kappa shape index (κ1) is 19.4. The van der Waals surface area contributed by atoms with Gasteiger partial charge in [0.05, 0.1) is 17.0 Å². The van der Waals surface area contributed by atoms with Crippen LogP contribution in [0.5, 0.6) is 0 Å². The zero-order valence-electron chi connectivity index (χ0n) is 15.4. The third-order valence-electron chi connectivity index (χ3n) is 4.97. The van der Waals surface area contributed by atoms with Crippen molar-refractivity contribution in [3.8, 4) is 0 Å². The molecule has 3 nitrogen and oxygen atoms in total. The maximum Gasteiger partial charge on any atom is 0.244 e. The Hall–Kier alpha value is -1.96. The van der Waals surface area contributed by atoms with Crippen molar-refractivity contribution in [1.82, 2.24) is 4.31 Å². The first-order valence-electron chi connectivity index (χ1n) is 9.06. The highest BCUT2D eigenvalue weighted by Crippen LogP contribution is 2.42. The minimum absolute atomic E-state index is 0.318. The number of aryl methyl sites for hydroxylation is 1. The van der Waals surface area contributed by atoms with Gasteiger partial charge in [-0.3, -0.25) is 0 Å². The van der Waals surface area contributed by atoms with Crippen LogP contribution in [-0.4, -0.2) is 12.7 Å². The van der Waals surface area contributed by atoms with Crippen molar-refractivity contribution in [3.63, 3.8) is 0 Å². The van der Waals surface area contributed by atoms with Gasteiger partial charge < -0.3 is 0 Å². The molecule has 0 radical (unpaired) electrons. The average molecular weight is 501 g/mol. The summed E-state index contributed by atoms with van der Waals surface area (Å²) in [5, 5.41) is 0. The van der Waals surface area contributed by atoms with E-state index in [1.807, 2.05) is 85.8 Å². The minimum atomic E-state index is -3.69. The zero-order chi connectivity index (χ0) is 19.7. The Kier molecular flexibility index (Phi) is 5.40. The van der Waals surface area contributed by atoms with Crippen LogP contribution in [-0.2, 0) is 10.0 Å². The molecular formula is C23H20INO2S. The van der Waals surface area contributed by atoms with E-state index in [0.29, 0.717) is 4.90 Å². The number of hydrogen-bond acceptors (Lipinski definition) is 2. The summed E-state index contributed by atoms with van der Waals surface area (Å²) in [5.41, 5.74) is 2.96. The highest BCUT2D eigenvalue weighted by atomic mass is 127. The van der Waals surface area contributed by atoms with Crippen LogP contribution in [0.25, 0.3) is 0 Å². The molecule has 1 heterocycles. The van der Waals surface area contributed by atoms with Gasteiger partial charge in [-0.05, 0) is 64.9 Å². The van der Waals surface area contributed by atoms with Crippen LogP contribution in [0.2, 0.25) is 0 Å². The lowest BCUT2D eigenvalue weighted by molar-refractivity contribution is 0.350. The monoisotopic (exact) mass is 501 g/mol. The quantitative estimate of drug-likeness (QED) is 0.343. The first-order chi connectivity index (χ1) is 13.5. The molecule has 0 unspecified atom stereocenters. The molecule has 4 rings (SSSR count). The molecule has 0 bridgehead atoms. The van der Waals surface area contributed by atoms with E-state index in [0.717, 1.165) is 20.3 Å². The summed E-state index contributed by atoms with van der Waals surface area (Å²) in [4.78, 5) is 0.318. The summed E-state index contributed by atoms with van der Waals surface area (Å²) in [6, 6.07) is 24.2.